The Bertz CT molecular complexity index is 732. The molecule has 0 bridgehead atoms. The van der Waals surface area contributed by atoms with Gasteiger partial charge in [0.25, 0.3) is 5.91 Å². The van der Waals surface area contributed by atoms with E-state index < -0.39 is 23.5 Å². The van der Waals surface area contributed by atoms with Crippen molar-refractivity contribution in [2.75, 3.05) is 12.4 Å². The molecule has 0 fully saturated rings. The van der Waals surface area contributed by atoms with E-state index in [1.54, 1.807) is 0 Å². The molecule has 7 heteroatoms. The zero-order valence-electron chi connectivity index (χ0n) is 11.3. The molecule has 0 spiro atoms. The lowest BCUT2D eigenvalue weighted by Crippen LogP contribution is -2.13. The minimum absolute atomic E-state index is 0.197. The smallest absolute Gasteiger partial charge is 0.337 e. The fourth-order valence-corrected chi connectivity index (χ4v) is 1.94. The Hall–Kier alpha value is -2.47. The predicted octanol–water partition coefficient (Wildman–Crippen LogP) is 3.66. The number of benzene rings is 2. The average Bonchev–Trinajstić information content (AvgIpc) is 2.50. The molecule has 1 N–H and O–H groups in total. The van der Waals surface area contributed by atoms with Crippen LogP contribution in [0.4, 0.5) is 14.5 Å². The van der Waals surface area contributed by atoms with E-state index in [2.05, 4.69) is 10.1 Å². The summed E-state index contributed by atoms with van der Waals surface area (Å²) in [6.07, 6.45) is 0. The Morgan fingerprint density at radius 3 is 2.27 bits per heavy atom. The number of amides is 1. The van der Waals surface area contributed by atoms with Crippen molar-refractivity contribution >= 4 is 29.2 Å². The number of ether oxygens (including phenoxy) is 1. The maximum Gasteiger partial charge on any atom is 0.337 e. The van der Waals surface area contributed by atoms with E-state index in [9.17, 15) is 18.4 Å². The fourth-order valence-electron chi connectivity index (χ4n) is 1.70. The molecule has 2 aromatic carbocycles. The van der Waals surface area contributed by atoms with Crippen LogP contribution in [0.2, 0.25) is 5.02 Å². The molecule has 0 saturated heterocycles. The highest BCUT2D eigenvalue weighted by molar-refractivity contribution is 6.34. The van der Waals surface area contributed by atoms with Crippen LogP contribution in [-0.2, 0) is 4.74 Å². The third-order valence-electron chi connectivity index (χ3n) is 2.82. The van der Waals surface area contributed by atoms with Crippen LogP contribution >= 0.6 is 11.6 Å². The average molecular weight is 326 g/mol. The first-order valence-corrected chi connectivity index (χ1v) is 6.44. The molecule has 2 aromatic rings. The van der Waals surface area contributed by atoms with Gasteiger partial charge in [-0.15, -0.1) is 0 Å². The van der Waals surface area contributed by atoms with E-state index in [1.165, 1.54) is 31.4 Å². The molecule has 0 atom stereocenters. The van der Waals surface area contributed by atoms with Gasteiger partial charge in [0.05, 0.1) is 23.3 Å². The summed E-state index contributed by atoms with van der Waals surface area (Å²) in [7, 11) is 1.25. The van der Waals surface area contributed by atoms with Crippen LogP contribution in [-0.4, -0.2) is 19.0 Å². The van der Waals surface area contributed by atoms with Gasteiger partial charge in [-0.1, -0.05) is 11.6 Å². The lowest BCUT2D eigenvalue weighted by atomic mass is 10.1. The Kier molecular flexibility index (Phi) is 4.72. The highest BCUT2D eigenvalue weighted by Gasteiger charge is 2.15. The van der Waals surface area contributed by atoms with E-state index >= 15 is 0 Å². The second-order valence-electron chi connectivity index (χ2n) is 4.27. The van der Waals surface area contributed by atoms with E-state index in [0.717, 1.165) is 12.1 Å². The zero-order chi connectivity index (χ0) is 16.3. The Morgan fingerprint density at radius 1 is 1.09 bits per heavy atom. The number of hydrogen-bond donors (Lipinski definition) is 1. The van der Waals surface area contributed by atoms with Crippen molar-refractivity contribution in [2.24, 2.45) is 0 Å². The first kappa shape index (κ1) is 15.9. The topological polar surface area (TPSA) is 55.4 Å². The monoisotopic (exact) mass is 325 g/mol. The molecular formula is C15H10ClF2NO3. The van der Waals surface area contributed by atoms with E-state index in [-0.39, 0.29) is 10.6 Å². The van der Waals surface area contributed by atoms with Crippen molar-refractivity contribution in [2.45, 2.75) is 0 Å². The Morgan fingerprint density at radius 2 is 1.68 bits per heavy atom. The highest BCUT2D eigenvalue weighted by atomic mass is 35.5. The van der Waals surface area contributed by atoms with Crippen LogP contribution in [0.5, 0.6) is 0 Å². The number of nitrogens with one attached hydrogen (secondary N) is 1. The van der Waals surface area contributed by atoms with E-state index in [1.807, 2.05) is 0 Å². The van der Waals surface area contributed by atoms with Gasteiger partial charge in [0.2, 0.25) is 0 Å². The van der Waals surface area contributed by atoms with Gasteiger partial charge >= 0.3 is 5.97 Å². The normalized spacial score (nSPS) is 10.2. The largest absolute Gasteiger partial charge is 0.465 e. The number of anilines is 1. The number of esters is 1. The number of carbonyl (C=O) groups excluding carboxylic acids is 2. The number of halogens is 3. The molecular weight excluding hydrogens is 316 g/mol. The van der Waals surface area contributed by atoms with E-state index in [4.69, 9.17) is 11.6 Å². The summed E-state index contributed by atoms with van der Waals surface area (Å²) in [6, 6.07) is 7.29. The summed E-state index contributed by atoms with van der Waals surface area (Å²) in [6.45, 7) is 0. The predicted molar refractivity (Wildman–Crippen MR) is 77.1 cm³/mol. The summed E-state index contributed by atoms with van der Waals surface area (Å²) in [5.74, 6) is -3.52. The molecule has 0 radical (unpaired) electrons. The molecule has 1 amide bonds. The molecule has 0 saturated carbocycles. The summed E-state index contributed by atoms with van der Waals surface area (Å²) in [5, 5.41) is 2.26. The quantitative estimate of drug-likeness (QED) is 0.692. The van der Waals surface area contributed by atoms with Gasteiger partial charge in [0.1, 0.15) is 0 Å². The SMILES string of the molecule is COC(=O)c1ccc(NC(=O)c2cc(F)c(F)cc2Cl)cc1. The standard InChI is InChI=1S/C15H10ClF2NO3/c1-22-15(21)8-2-4-9(5-3-8)19-14(20)10-6-12(17)13(18)7-11(10)16/h2-7H,1H3,(H,19,20). The third-order valence-corrected chi connectivity index (χ3v) is 3.13. The lowest BCUT2D eigenvalue weighted by Gasteiger charge is -2.08. The second-order valence-corrected chi connectivity index (χ2v) is 4.68. The Balaban J connectivity index is 2.19. The molecule has 0 aromatic heterocycles. The molecule has 114 valence electrons. The van der Waals surface area contributed by atoms with Crippen LogP contribution in [0, 0.1) is 11.6 Å². The van der Waals surface area contributed by atoms with Gasteiger partial charge in [0, 0.05) is 5.69 Å². The van der Waals surface area contributed by atoms with Gasteiger partial charge < -0.3 is 10.1 Å². The number of methoxy groups -OCH3 is 1. The number of rotatable bonds is 3. The highest BCUT2D eigenvalue weighted by Crippen LogP contribution is 2.21. The molecule has 4 nitrogen and oxygen atoms in total. The van der Waals surface area contributed by atoms with Crippen LogP contribution in [0.1, 0.15) is 20.7 Å². The summed E-state index contributed by atoms with van der Waals surface area (Å²) in [5.41, 5.74) is 0.474. The maximum absolute atomic E-state index is 13.2. The van der Waals surface area contributed by atoms with Gasteiger partial charge in [-0.25, -0.2) is 13.6 Å². The van der Waals surface area contributed by atoms with Crippen LogP contribution in [0.15, 0.2) is 36.4 Å². The Labute approximate surface area is 129 Å². The number of carbonyl (C=O) groups is 2. The molecule has 0 aliphatic rings. The summed E-state index contributed by atoms with van der Waals surface area (Å²) >= 11 is 5.72. The summed E-state index contributed by atoms with van der Waals surface area (Å²) in [4.78, 5) is 23.3. The number of hydrogen-bond acceptors (Lipinski definition) is 3. The van der Waals surface area contributed by atoms with Gasteiger partial charge in [-0.2, -0.15) is 0 Å². The van der Waals surface area contributed by atoms with Crippen LogP contribution < -0.4 is 5.32 Å². The van der Waals surface area contributed by atoms with Crippen molar-refractivity contribution in [3.8, 4) is 0 Å². The van der Waals surface area contributed by atoms with Crippen molar-refractivity contribution in [1.82, 2.24) is 0 Å². The molecule has 0 aliphatic heterocycles. The molecule has 22 heavy (non-hydrogen) atoms. The minimum Gasteiger partial charge on any atom is -0.465 e. The third kappa shape index (κ3) is 3.40. The van der Waals surface area contributed by atoms with Crippen molar-refractivity contribution < 1.29 is 23.1 Å². The van der Waals surface area contributed by atoms with Gasteiger partial charge in [-0.05, 0) is 36.4 Å². The maximum atomic E-state index is 13.2. The molecule has 2 rings (SSSR count). The molecule has 0 unspecified atom stereocenters. The van der Waals surface area contributed by atoms with Crippen LogP contribution in [0.3, 0.4) is 0 Å². The van der Waals surface area contributed by atoms with Crippen molar-refractivity contribution in [1.29, 1.82) is 0 Å². The summed E-state index contributed by atoms with van der Waals surface area (Å²) < 4.78 is 30.7. The van der Waals surface area contributed by atoms with Crippen LogP contribution in [0.25, 0.3) is 0 Å². The van der Waals surface area contributed by atoms with E-state index in [0.29, 0.717) is 11.3 Å². The zero-order valence-corrected chi connectivity index (χ0v) is 12.1. The lowest BCUT2D eigenvalue weighted by molar-refractivity contribution is 0.0600. The van der Waals surface area contributed by atoms with Gasteiger partial charge in [0.15, 0.2) is 11.6 Å². The molecule has 0 aliphatic carbocycles. The van der Waals surface area contributed by atoms with Crippen molar-refractivity contribution in [3.05, 3.63) is 64.2 Å². The first-order valence-electron chi connectivity index (χ1n) is 6.06. The van der Waals surface area contributed by atoms with Crippen molar-refractivity contribution in [3.63, 3.8) is 0 Å². The van der Waals surface area contributed by atoms with Gasteiger partial charge in [-0.3, -0.25) is 4.79 Å². The second kappa shape index (κ2) is 6.53. The first-order chi connectivity index (χ1) is 10.4. The molecule has 0 heterocycles. The minimum atomic E-state index is -1.17. The fraction of sp³-hybridized carbons (Fsp3) is 0.0667.